The number of fused-ring (bicyclic) bond motifs is 1. The van der Waals surface area contributed by atoms with Crippen molar-refractivity contribution in [2.45, 2.75) is 45.3 Å². The maximum absolute atomic E-state index is 12.5. The van der Waals surface area contributed by atoms with Crippen molar-refractivity contribution in [1.82, 2.24) is 25.1 Å². The molecule has 1 N–H and O–H groups in total. The zero-order chi connectivity index (χ0) is 18.8. The van der Waals surface area contributed by atoms with Crippen molar-refractivity contribution in [2.75, 3.05) is 0 Å². The van der Waals surface area contributed by atoms with E-state index in [2.05, 4.69) is 20.4 Å². The highest BCUT2D eigenvalue weighted by molar-refractivity contribution is 5.97. The number of hydrogen-bond acceptors (Lipinski definition) is 5. The van der Waals surface area contributed by atoms with E-state index in [-0.39, 0.29) is 5.91 Å². The van der Waals surface area contributed by atoms with Gasteiger partial charge in [-0.1, -0.05) is 6.07 Å². The van der Waals surface area contributed by atoms with Gasteiger partial charge in [-0.15, -0.1) is 0 Å². The van der Waals surface area contributed by atoms with Crippen LogP contribution < -0.4 is 10.1 Å². The van der Waals surface area contributed by atoms with Gasteiger partial charge in [0.1, 0.15) is 6.10 Å². The lowest BCUT2D eigenvalue weighted by atomic mass is 10.2. The SMILES string of the molecule is Cc1nn(C)c2ncc(C(=O)NCc3ccc(OC4CCCC4)nc3)cc12. The summed E-state index contributed by atoms with van der Waals surface area (Å²) < 4.78 is 7.58. The summed E-state index contributed by atoms with van der Waals surface area (Å²) in [5.74, 6) is 0.484. The monoisotopic (exact) mass is 365 g/mol. The van der Waals surface area contributed by atoms with E-state index in [1.807, 2.05) is 32.2 Å². The Morgan fingerprint density at radius 3 is 2.81 bits per heavy atom. The number of carbonyl (C=O) groups is 1. The summed E-state index contributed by atoms with van der Waals surface area (Å²) in [5, 5.41) is 8.13. The average molecular weight is 365 g/mol. The molecule has 0 bridgehead atoms. The van der Waals surface area contributed by atoms with Crippen LogP contribution in [0.25, 0.3) is 11.0 Å². The smallest absolute Gasteiger partial charge is 0.253 e. The number of aromatic nitrogens is 4. The molecule has 7 nitrogen and oxygen atoms in total. The third-order valence-electron chi connectivity index (χ3n) is 4.97. The number of carbonyl (C=O) groups excluding carboxylic acids is 1. The molecule has 0 aromatic carbocycles. The zero-order valence-electron chi connectivity index (χ0n) is 15.6. The highest BCUT2D eigenvalue weighted by atomic mass is 16.5. The molecule has 3 heterocycles. The van der Waals surface area contributed by atoms with E-state index in [1.165, 1.54) is 12.8 Å². The predicted octanol–water partition coefficient (Wildman–Crippen LogP) is 2.92. The average Bonchev–Trinajstić information content (AvgIpc) is 3.29. The molecule has 0 unspecified atom stereocenters. The van der Waals surface area contributed by atoms with Crippen LogP contribution in [-0.2, 0) is 13.6 Å². The summed E-state index contributed by atoms with van der Waals surface area (Å²) >= 11 is 0. The molecule has 7 heteroatoms. The second kappa shape index (κ2) is 7.34. The fraction of sp³-hybridized carbons (Fsp3) is 0.400. The van der Waals surface area contributed by atoms with Crippen molar-refractivity contribution < 1.29 is 9.53 Å². The van der Waals surface area contributed by atoms with Crippen LogP contribution in [0.5, 0.6) is 5.88 Å². The third kappa shape index (κ3) is 3.77. The van der Waals surface area contributed by atoms with Gasteiger partial charge in [0.2, 0.25) is 5.88 Å². The summed E-state index contributed by atoms with van der Waals surface area (Å²) in [7, 11) is 1.84. The topological polar surface area (TPSA) is 81.9 Å². The highest BCUT2D eigenvalue weighted by Crippen LogP contribution is 2.23. The lowest BCUT2D eigenvalue weighted by molar-refractivity contribution is 0.0950. The Bertz CT molecular complexity index is 958. The van der Waals surface area contributed by atoms with Gasteiger partial charge < -0.3 is 10.1 Å². The van der Waals surface area contributed by atoms with Crippen LogP contribution in [0.4, 0.5) is 0 Å². The number of nitrogens with one attached hydrogen (secondary N) is 1. The molecule has 0 aliphatic heterocycles. The molecule has 0 saturated heterocycles. The molecule has 1 aliphatic rings. The standard InChI is InChI=1S/C20H23N5O2/c1-13-17-9-15(12-22-19(17)25(2)24-13)20(26)23-11-14-7-8-18(21-10-14)27-16-5-3-4-6-16/h7-10,12,16H,3-6,11H2,1-2H3,(H,23,26). The van der Waals surface area contributed by atoms with Gasteiger partial charge in [-0.05, 0) is 44.2 Å². The first-order chi connectivity index (χ1) is 13.1. The summed E-state index contributed by atoms with van der Waals surface area (Å²) in [5.41, 5.74) is 3.07. The van der Waals surface area contributed by atoms with Gasteiger partial charge in [0.05, 0.1) is 11.3 Å². The largest absolute Gasteiger partial charge is 0.474 e. The quantitative estimate of drug-likeness (QED) is 0.752. The first kappa shape index (κ1) is 17.5. The number of pyridine rings is 2. The minimum atomic E-state index is -0.168. The molecular formula is C20H23N5O2. The number of ether oxygens (including phenoxy) is 1. The van der Waals surface area contributed by atoms with Crippen LogP contribution in [0, 0.1) is 6.92 Å². The molecule has 1 amide bonds. The first-order valence-corrected chi connectivity index (χ1v) is 9.29. The van der Waals surface area contributed by atoms with Crippen molar-refractivity contribution in [1.29, 1.82) is 0 Å². The maximum atomic E-state index is 12.5. The summed E-state index contributed by atoms with van der Waals surface area (Å²) in [6, 6.07) is 5.63. The van der Waals surface area contributed by atoms with Crippen LogP contribution >= 0.6 is 0 Å². The summed E-state index contributed by atoms with van der Waals surface area (Å²) in [6.07, 6.45) is 8.29. The number of aryl methyl sites for hydroxylation is 2. The zero-order valence-corrected chi connectivity index (χ0v) is 15.6. The Morgan fingerprint density at radius 1 is 1.26 bits per heavy atom. The van der Waals surface area contributed by atoms with Crippen molar-refractivity contribution in [3.8, 4) is 5.88 Å². The van der Waals surface area contributed by atoms with E-state index in [9.17, 15) is 4.79 Å². The van der Waals surface area contributed by atoms with Crippen LogP contribution in [0.3, 0.4) is 0 Å². The predicted molar refractivity (Wildman–Crippen MR) is 102 cm³/mol. The first-order valence-electron chi connectivity index (χ1n) is 9.29. The summed E-state index contributed by atoms with van der Waals surface area (Å²) in [6.45, 7) is 2.31. The van der Waals surface area contributed by atoms with Gasteiger partial charge in [0, 0.05) is 37.4 Å². The Morgan fingerprint density at radius 2 is 2.07 bits per heavy atom. The third-order valence-corrected chi connectivity index (χ3v) is 4.97. The van der Waals surface area contributed by atoms with Gasteiger partial charge in [-0.25, -0.2) is 9.97 Å². The minimum absolute atomic E-state index is 0.168. The number of amides is 1. The van der Waals surface area contributed by atoms with Gasteiger partial charge in [0.25, 0.3) is 5.91 Å². The lowest BCUT2D eigenvalue weighted by Crippen LogP contribution is -2.23. The van der Waals surface area contributed by atoms with E-state index in [1.54, 1.807) is 17.1 Å². The molecule has 1 saturated carbocycles. The van der Waals surface area contributed by atoms with Crippen LogP contribution in [0.15, 0.2) is 30.6 Å². The number of nitrogens with zero attached hydrogens (tertiary/aromatic N) is 4. The molecule has 1 fully saturated rings. The molecule has 4 rings (SSSR count). The minimum Gasteiger partial charge on any atom is -0.474 e. The Balaban J connectivity index is 1.38. The molecule has 27 heavy (non-hydrogen) atoms. The van der Waals surface area contributed by atoms with Crippen molar-refractivity contribution in [3.63, 3.8) is 0 Å². The van der Waals surface area contributed by atoms with Gasteiger partial charge in [0.15, 0.2) is 5.65 Å². The molecule has 140 valence electrons. The Kier molecular flexibility index (Phi) is 4.75. The summed E-state index contributed by atoms with van der Waals surface area (Å²) in [4.78, 5) is 21.2. The second-order valence-corrected chi connectivity index (χ2v) is 7.02. The fourth-order valence-corrected chi connectivity index (χ4v) is 3.48. The number of hydrogen-bond donors (Lipinski definition) is 1. The normalized spacial score (nSPS) is 14.6. The molecule has 3 aromatic heterocycles. The van der Waals surface area contributed by atoms with E-state index in [0.717, 1.165) is 35.1 Å². The molecular weight excluding hydrogens is 342 g/mol. The van der Waals surface area contributed by atoms with Gasteiger partial charge >= 0.3 is 0 Å². The van der Waals surface area contributed by atoms with Crippen LogP contribution in [-0.4, -0.2) is 31.8 Å². The van der Waals surface area contributed by atoms with Gasteiger partial charge in [-0.3, -0.25) is 9.48 Å². The van der Waals surface area contributed by atoms with E-state index >= 15 is 0 Å². The molecule has 0 radical (unpaired) electrons. The van der Waals surface area contributed by atoms with Crippen molar-refractivity contribution >= 4 is 16.9 Å². The highest BCUT2D eigenvalue weighted by Gasteiger charge is 2.17. The Labute approximate surface area is 157 Å². The van der Waals surface area contributed by atoms with Crippen LogP contribution in [0.2, 0.25) is 0 Å². The van der Waals surface area contributed by atoms with E-state index in [4.69, 9.17) is 4.74 Å². The van der Waals surface area contributed by atoms with E-state index in [0.29, 0.717) is 24.1 Å². The van der Waals surface area contributed by atoms with E-state index < -0.39 is 0 Å². The lowest BCUT2D eigenvalue weighted by Gasteiger charge is -2.12. The van der Waals surface area contributed by atoms with Gasteiger partial charge in [-0.2, -0.15) is 5.10 Å². The van der Waals surface area contributed by atoms with Crippen molar-refractivity contribution in [2.24, 2.45) is 7.05 Å². The Hall–Kier alpha value is -2.96. The molecule has 3 aromatic rings. The molecule has 0 spiro atoms. The second-order valence-electron chi connectivity index (χ2n) is 7.02. The van der Waals surface area contributed by atoms with Crippen molar-refractivity contribution in [3.05, 3.63) is 47.4 Å². The maximum Gasteiger partial charge on any atom is 0.253 e. The molecule has 0 atom stereocenters. The fourth-order valence-electron chi connectivity index (χ4n) is 3.48. The van der Waals surface area contributed by atoms with Crippen LogP contribution in [0.1, 0.15) is 47.3 Å². The number of rotatable bonds is 5. The molecule has 1 aliphatic carbocycles.